The zero-order chi connectivity index (χ0) is 22.2. The standard InChI is InChI=1S/C24H28Cl2N2O3/c1-17(29)2-3-18-4-7-21(8-5-18)31-16-24(30)27-20-10-12-28(13-11-20)15-19-6-9-22(25)23(26)14-19/h4-9,14,20H,2-3,10-13,15-16H2,1H3,(H,27,30). The molecule has 1 aliphatic heterocycles. The number of hydrogen-bond acceptors (Lipinski definition) is 4. The van der Waals surface area contributed by atoms with Gasteiger partial charge >= 0.3 is 0 Å². The molecule has 166 valence electrons. The van der Waals surface area contributed by atoms with E-state index >= 15 is 0 Å². The van der Waals surface area contributed by atoms with Crippen LogP contribution in [0, 0.1) is 0 Å². The number of ketones is 1. The smallest absolute Gasteiger partial charge is 0.258 e. The van der Waals surface area contributed by atoms with Crippen molar-refractivity contribution in [3.8, 4) is 5.75 Å². The maximum Gasteiger partial charge on any atom is 0.258 e. The number of halogens is 2. The van der Waals surface area contributed by atoms with Crippen molar-refractivity contribution >= 4 is 34.9 Å². The van der Waals surface area contributed by atoms with Crippen LogP contribution in [0.15, 0.2) is 42.5 Å². The molecule has 0 atom stereocenters. The predicted molar refractivity (Wildman–Crippen MR) is 124 cm³/mol. The summed E-state index contributed by atoms with van der Waals surface area (Å²) >= 11 is 12.1. The highest BCUT2D eigenvalue weighted by Crippen LogP contribution is 2.24. The number of amides is 1. The summed E-state index contributed by atoms with van der Waals surface area (Å²) < 4.78 is 5.60. The fourth-order valence-corrected chi connectivity index (χ4v) is 3.94. The van der Waals surface area contributed by atoms with Gasteiger partial charge in [0.05, 0.1) is 10.0 Å². The van der Waals surface area contributed by atoms with Crippen LogP contribution in [-0.4, -0.2) is 42.3 Å². The molecule has 0 bridgehead atoms. The Labute approximate surface area is 193 Å². The second-order valence-electron chi connectivity index (χ2n) is 8.00. The van der Waals surface area contributed by atoms with Gasteiger partial charge < -0.3 is 14.8 Å². The van der Waals surface area contributed by atoms with Gasteiger partial charge in [0.25, 0.3) is 5.91 Å². The van der Waals surface area contributed by atoms with Crippen molar-refractivity contribution in [2.24, 2.45) is 0 Å². The van der Waals surface area contributed by atoms with E-state index in [4.69, 9.17) is 27.9 Å². The van der Waals surface area contributed by atoms with E-state index < -0.39 is 0 Å². The minimum Gasteiger partial charge on any atom is -0.484 e. The molecule has 31 heavy (non-hydrogen) atoms. The van der Waals surface area contributed by atoms with E-state index in [1.165, 1.54) is 0 Å². The van der Waals surface area contributed by atoms with Gasteiger partial charge in [-0.3, -0.25) is 9.69 Å². The van der Waals surface area contributed by atoms with Crippen molar-refractivity contribution in [1.82, 2.24) is 10.2 Å². The van der Waals surface area contributed by atoms with Crippen LogP contribution in [0.1, 0.15) is 37.3 Å². The van der Waals surface area contributed by atoms with Crippen molar-refractivity contribution in [3.05, 3.63) is 63.6 Å². The molecule has 1 saturated heterocycles. The van der Waals surface area contributed by atoms with Crippen LogP contribution in [-0.2, 0) is 22.6 Å². The summed E-state index contributed by atoms with van der Waals surface area (Å²) in [6.45, 7) is 4.23. The van der Waals surface area contributed by atoms with Crippen LogP contribution < -0.4 is 10.1 Å². The number of rotatable bonds is 9. The molecule has 7 heteroatoms. The maximum atomic E-state index is 12.3. The van der Waals surface area contributed by atoms with E-state index in [9.17, 15) is 9.59 Å². The van der Waals surface area contributed by atoms with E-state index in [0.29, 0.717) is 22.2 Å². The number of nitrogens with zero attached hydrogens (tertiary/aromatic N) is 1. The van der Waals surface area contributed by atoms with Crippen LogP contribution >= 0.6 is 23.2 Å². The number of benzene rings is 2. The van der Waals surface area contributed by atoms with Gasteiger partial charge in [-0.05, 0) is 61.6 Å². The average Bonchev–Trinajstić information content (AvgIpc) is 2.75. The molecule has 1 fully saturated rings. The quantitative estimate of drug-likeness (QED) is 0.587. The summed E-state index contributed by atoms with van der Waals surface area (Å²) in [6, 6.07) is 13.4. The molecule has 0 aromatic heterocycles. The molecule has 0 aliphatic carbocycles. The summed E-state index contributed by atoms with van der Waals surface area (Å²) in [7, 11) is 0. The molecule has 5 nitrogen and oxygen atoms in total. The van der Waals surface area contributed by atoms with E-state index in [2.05, 4.69) is 10.2 Å². The first-order chi connectivity index (χ1) is 14.9. The number of ether oxygens (including phenoxy) is 1. The van der Waals surface area contributed by atoms with Gasteiger partial charge in [0, 0.05) is 32.1 Å². The molecule has 1 N–H and O–H groups in total. The van der Waals surface area contributed by atoms with Gasteiger partial charge in [0.2, 0.25) is 0 Å². The number of piperidine rings is 1. The molecule has 1 aliphatic rings. The van der Waals surface area contributed by atoms with Crippen molar-refractivity contribution in [1.29, 1.82) is 0 Å². The molecular weight excluding hydrogens is 435 g/mol. The van der Waals surface area contributed by atoms with Crippen LogP contribution in [0.25, 0.3) is 0 Å². The van der Waals surface area contributed by atoms with Crippen molar-refractivity contribution in [3.63, 3.8) is 0 Å². The van der Waals surface area contributed by atoms with Crippen LogP contribution in [0.3, 0.4) is 0 Å². The minimum absolute atomic E-state index is 0.00369. The zero-order valence-electron chi connectivity index (χ0n) is 17.7. The highest BCUT2D eigenvalue weighted by atomic mass is 35.5. The lowest BCUT2D eigenvalue weighted by molar-refractivity contribution is -0.124. The average molecular weight is 463 g/mol. The van der Waals surface area contributed by atoms with Crippen LogP contribution in [0.4, 0.5) is 0 Å². The first kappa shape index (κ1) is 23.6. The molecule has 0 radical (unpaired) electrons. The lowest BCUT2D eigenvalue weighted by Gasteiger charge is -2.32. The third-order valence-electron chi connectivity index (χ3n) is 5.40. The fraction of sp³-hybridized carbons (Fsp3) is 0.417. The first-order valence-corrected chi connectivity index (χ1v) is 11.3. The second-order valence-corrected chi connectivity index (χ2v) is 8.82. The van der Waals surface area contributed by atoms with E-state index in [1.54, 1.807) is 6.92 Å². The summed E-state index contributed by atoms with van der Waals surface area (Å²) in [5.41, 5.74) is 2.22. The van der Waals surface area contributed by atoms with E-state index in [-0.39, 0.29) is 24.3 Å². The Kier molecular flexibility index (Phi) is 8.76. The lowest BCUT2D eigenvalue weighted by atomic mass is 10.0. The molecule has 2 aromatic rings. The van der Waals surface area contributed by atoms with Gasteiger partial charge in [-0.15, -0.1) is 0 Å². The number of carbonyl (C=O) groups excluding carboxylic acids is 2. The SMILES string of the molecule is CC(=O)CCc1ccc(OCC(=O)NC2CCN(Cc3ccc(Cl)c(Cl)c3)CC2)cc1. The number of carbonyl (C=O) groups is 2. The van der Waals surface area contributed by atoms with Crippen molar-refractivity contribution in [2.75, 3.05) is 19.7 Å². The fourth-order valence-electron chi connectivity index (χ4n) is 3.62. The molecule has 0 spiro atoms. The van der Waals surface area contributed by atoms with Crippen LogP contribution in [0.5, 0.6) is 5.75 Å². The Balaban J connectivity index is 1.36. The Morgan fingerprint density at radius 1 is 1.03 bits per heavy atom. The van der Waals surface area contributed by atoms with E-state index in [0.717, 1.165) is 50.0 Å². The largest absolute Gasteiger partial charge is 0.484 e. The first-order valence-electron chi connectivity index (χ1n) is 10.6. The summed E-state index contributed by atoms with van der Waals surface area (Å²) in [6.07, 6.45) is 3.06. The number of likely N-dealkylation sites (tertiary alicyclic amines) is 1. The predicted octanol–water partition coefficient (Wildman–Crippen LogP) is 4.67. The minimum atomic E-state index is -0.108. The molecular formula is C24H28Cl2N2O3. The van der Waals surface area contributed by atoms with Gasteiger partial charge in [-0.1, -0.05) is 41.4 Å². The third-order valence-corrected chi connectivity index (χ3v) is 6.14. The normalized spacial score (nSPS) is 14.9. The number of aryl methyl sites for hydroxylation is 1. The highest BCUT2D eigenvalue weighted by Gasteiger charge is 2.21. The van der Waals surface area contributed by atoms with E-state index in [1.807, 2.05) is 42.5 Å². The summed E-state index contributed by atoms with van der Waals surface area (Å²) in [5.74, 6) is 0.721. The lowest BCUT2D eigenvalue weighted by Crippen LogP contribution is -2.45. The molecule has 1 heterocycles. The zero-order valence-corrected chi connectivity index (χ0v) is 19.2. The number of nitrogens with one attached hydrogen (secondary N) is 1. The third kappa shape index (κ3) is 7.84. The molecule has 0 unspecified atom stereocenters. The maximum absolute atomic E-state index is 12.3. The van der Waals surface area contributed by atoms with Crippen molar-refractivity contribution < 1.29 is 14.3 Å². The second kappa shape index (κ2) is 11.5. The molecule has 2 aromatic carbocycles. The number of hydrogen-bond donors (Lipinski definition) is 1. The van der Waals surface area contributed by atoms with Gasteiger partial charge in [0.1, 0.15) is 11.5 Å². The Morgan fingerprint density at radius 2 is 1.71 bits per heavy atom. The van der Waals surface area contributed by atoms with Crippen molar-refractivity contribution in [2.45, 2.75) is 45.2 Å². The van der Waals surface area contributed by atoms with Gasteiger partial charge in [-0.2, -0.15) is 0 Å². The summed E-state index contributed by atoms with van der Waals surface area (Å²) in [5, 5.41) is 4.21. The summed E-state index contributed by atoms with van der Waals surface area (Å²) in [4.78, 5) is 25.7. The Bertz CT molecular complexity index is 894. The number of Topliss-reactive ketones (excluding diaryl/α,β-unsaturated/α-hetero) is 1. The Morgan fingerprint density at radius 3 is 2.35 bits per heavy atom. The Hall–Kier alpha value is -2.08. The van der Waals surface area contributed by atoms with Crippen LogP contribution in [0.2, 0.25) is 10.0 Å². The van der Waals surface area contributed by atoms with Gasteiger partial charge in [0.15, 0.2) is 6.61 Å². The molecule has 1 amide bonds. The van der Waals surface area contributed by atoms with Gasteiger partial charge in [-0.25, -0.2) is 0 Å². The topological polar surface area (TPSA) is 58.6 Å². The molecule has 0 saturated carbocycles. The molecule has 3 rings (SSSR count). The highest BCUT2D eigenvalue weighted by molar-refractivity contribution is 6.42. The monoisotopic (exact) mass is 462 g/mol.